The number of rotatable bonds is 9. The van der Waals surface area contributed by atoms with Crippen LogP contribution in [0.3, 0.4) is 0 Å². The van der Waals surface area contributed by atoms with Crippen LogP contribution in [0.5, 0.6) is 5.75 Å². The lowest BCUT2D eigenvalue weighted by Gasteiger charge is -2.43. The van der Waals surface area contributed by atoms with Gasteiger partial charge in [0.2, 0.25) is 12.7 Å². The minimum atomic E-state index is -1.28. The van der Waals surface area contributed by atoms with Gasteiger partial charge in [0.05, 0.1) is 0 Å². The smallest absolute Gasteiger partial charge is 0.413 e. The highest BCUT2D eigenvalue weighted by molar-refractivity contribution is 6.31. The molecule has 0 unspecified atom stereocenters. The molecule has 0 aromatic heterocycles. The van der Waals surface area contributed by atoms with Gasteiger partial charge in [-0.2, -0.15) is 0 Å². The number of Topliss-reactive ketones (excluding diaryl/α,β-unsaturated/α-hetero) is 1. The van der Waals surface area contributed by atoms with Crippen molar-refractivity contribution in [1.82, 2.24) is 10.2 Å². The van der Waals surface area contributed by atoms with Gasteiger partial charge >= 0.3 is 12.1 Å². The average molecular weight is 531 g/mol. The highest BCUT2D eigenvalue weighted by atomic mass is 35.5. The van der Waals surface area contributed by atoms with E-state index in [-0.39, 0.29) is 18.0 Å². The van der Waals surface area contributed by atoms with Crippen molar-refractivity contribution in [3.05, 3.63) is 64.7 Å². The topological polar surface area (TPSA) is 122 Å². The number of esters is 1. The number of benzene rings is 2. The number of nitrogens with zero attached hydrogens (tertiary/aromatic N) is 1. The summed E-state index contributed by atoms with van der Waals surface area (Å²) in [5.41, 5.74) is 0.106. The minimum absolute atomic E-state index is 0.125. The first-order valence-electron chi connectivity index (χ1n) is 12.1. The Bertz CT molecular complexity index is 1140. The maximum Gasteiger partial charge on any atom is 0.413 e. The van der Waals surface area contributed by atoms with Crippen LogP contribution in [0.1, 0.15) is 50.2 Å². The quantitative estimate of drug-likeness (QED) is 0.370. The summed E-state index contributed by atoms with van der Waals surface area (Å²) in [6.07, 6.45) is 1.97. The lowest BCUT2D eigenvalue weighted by molar-refractivity contribution is -0.157. The van der Waals surface area contributed by atoms with E-state index < -0.39 is 36.3 Å². The Balaban J connectivity index is 1.63. The molecule has 2 N–H and O–H groups in total. The molecule has 0 saturated heterocycles. The summed E-state index contributed by atoms with van der Waals surface area (Å²) >= 11 is 6.42. The number of halogens is 1. The highest BCUT2D eigenvalue weighted by Gasteiger charge is 2.48. The fourth-order valence-electron chi connectivity index (χ4n) is 4.59. The number of hydrogen-bond donors (Lipinski definition) is 2. The average Bonchev–Trinajstić information content (AvgIpc) is 2.87. The van der Waals surface area contributed by atoms with Gasteiger partial charge in [-0.25, -0.2) is 9.59 Å². The number of hydrogen-bond acceptors (Lipinski definition) is 7. The van der Waals surface area contributed by atoms with E-state index in [0.29, 0.717) is 29.8 Å². The summed E-state index contributed by atoms with van der Waals surface area (Å²) < 4.78 is 10.3. The number of phenols is 1. The fourth-order valence-corrected chi connectivity index (χ4v) is 4.88. The molecular formula is C27H31ClN2O7. The molecule has 1 fully saturated rings. The van der Waals surface area contributed by atoms with Crippen LogP contribution in [0.2, 0.25) is 5.02 Å². The van der Waals surface area contributed by atoms with Crippen molar-refractivity contribution in [3.63, 3.8) is 0 Å². The number of amides is 2. The summed E-state index contributed by atoms with van der Waals surface area (Å²) in [6.45, 7) is 0.593. The van der Waals surface area contributed by atoms with Crippen molar-refractivity contribution in [1.29, 1.82) is 0 Å². The number of nitrogens with one attached hydrogen (secondary N) is 1. The number of phenolic OH excluding ortho intramolecular Hbond substituents is 1. The number of aryl methyl sites for hydroxylation is 1. The van der Waals surface area contributed by atoms with Crippen LogP contribution in [-0.4, -0.2) is 53.6 Å². The van der Waals surface area contributed by atoms with Gasteiger partial charge in [-0.15, -0.1) is 0 Å². The first kappa shape index (κ1) is 28.0. The van der Waals surface area contributed by atoms with Crippen LogP contribution >= 0.6 is 11.6 Å². The van der Waals surface area contributed by atoms with Crippen LogP contribution in [0.25, 0.3) is 0 Å². The van der Waals surface area contributed by atoms with Crippen LogP contribution < -0.4 is 5.32 Å². The predicted molar refractivity (Wildman–Crippen MR) is 136 cm³/mol. The summed E-state index contributed by atoms with van der Waals surface area (Å²) in [7, 11) is 1.47. The molecule has 0 aliphatic heterocycles. The zero-order valence-corrected chi connectivity index (χ0v) is 21.6. The summed E-state index contributed by atoms with van der Waals surface area (Å²) in [5, 5.41) is 12.3. The third-order valence-corrected chi connectivity index (χ3v) is 6.85. The van der Waals surface area contributed by atoms with Crippen molar-refractivity contribution < 1.29 is 33.8 Å². The molecule has 198 valence electrons. The molecule has 1 saturated carbocycles. The molecule has 0 spiro atoms. The van der Waals surface area contributed by atoms with Crippen molar-refractivity contribution in [3.8, 4) is 5.75 Å². The van der Waals surface area contributed by atoms with Gasteiger partial charge in [0.25, 0.3) is 0 Å². The Kier molecular flexibility index (Phi) is 9.52. The number of likely N-dealkylation sites (N-methyl/N-ethyl adjacent to an activating group) is 1. The molecule has 37 heavy (non-hydrogen) atoms. The number of aromatic hydroxyl groups is 1. The van der Waals surface area contributed by atoms with E-state index in [2.05, 4.69) is 5.32 Å². The SMILES string of the molecule is CC(=O)N[C@@H](CCc1ccc(O)cc1)C(=O)OCOC(=O)N(C)[C@]1(c2ccccc2Cl)CCCCC1=O. The van der Waals surface area contributed by atoms with Crippen molar-refractivity contribution in [2.45, 2.75) is 57.0 Å². The van der Waals surface area contributed by atoms with Crippen LogP contribution in [-0.2, 0) is 35.8 Å². The first-order chi connectivity index (χ1) is 17.6. The lowest BCUT2D eigenvalue weighted by atomic mass is 9.74. The van der Waals surface area contributed by atoms with E-state index in [0.717, 1.165) is 18.4 Å². The van der Waals surface area contributed by atoms with Crippen LogP contribution in [0, 0.1) is 0 Å². The lowest BCUT2D eigenvalue weighted by Crippen LogP contribution is -2.54. The van der Waals surface area contributed by atoms with E-state index >= 15 is 0 Å². The number of carbonyl (C=O) groups excluding carboxylic acids is 4. The Morgan fingerprint density at radius 2 is 1.81 bits per heavy atom. The van der Waals surface area contributed by atoms with Crippen LogP contribution in [0.15, 0.2) is 48.5 Å². The van der Waals surface area contributed by atoms with E-state index in [1.54, 1.807) is 36.4 Å². The molecule has 2 aromatic rings. The maximum atomic E-state index is 13.1. The van der Waals surface area contributed by atoms with Gasteiger partial charge < -0.3 is 19.9 Å². The molecule has 10 heteroatoms. The molecule has 0 radical (unpaired) electrons. The standard InChI is InChI=1S/C27H31ClN2O7/c1-18(31)29-23(15-12-19-10-13-20(32)14-11-19)25(34)36-17-37-26(35)30(2)27(16-6-5-9-24(27)33)21-7-3-4-8-22(21)28/h3-4,7-8,10-11,13-14,23,32H,5-6,9,12,15-17H2,1-2H3,(H,29,31)/t23-,27-/m0/s1. The molecule has 0 heterocycles. The first-order valence-corrected chi connectivity index (χ1v) is 12.4. The Morgan fingerprint density at radius 1 is 1.11 bits per heavy atom. The summed E-state index contributed by atoms with van der Waals surface area (Å²) in [4.78, 5) is 51.6. The Morgan fingerprint density at radius 3 is 2.46 bits per heavy atom. The minimum Gasteiger partial charge on any atom is -0.508 e. The maximum absolute atomic E-state index is 13.1. The third kappa shape index (κ3) is 6.80. The molecular weight excluding hydrogens is 500 g/mol. The molecule has 1 aliphatic carbocycles. The normalized spacial score (nSPS) is 18.0. The molecule has 2 atom stereocenters. The number of carbonyl (C=O) groups is 4. The van der Waals surface area contributed by atoms with E-state index in [9.17, 15) is 24.3 Å². The van der Waals surface area contributed by atoms with Gasteiger partial charge in [-0.1, -0.05) is 41.9 Å². The molecule has 2 aromatic carbocycles. The Labute approximate surface area is 220 Å². The summed E-state index contributed by atoms with van der Waals surface area (Å²) in [6, 6.07) is 12.4. The Hall–Kier alpha value is -3.59. The van der Waals surface area contributed by atoms with Gasteiger partial charge in [0.15, 0.2) is 5.78 Å². The molecule has 9 nitrogen and oxygen atoms in total. The second kappa shape index (κ2) is 12.6. The van der Waals surface area contributed by atoms with Gasteiger partial charge in [-0.3, -0.25) is 14.5 Å². The van der Waals surface area contributed by atoms with Crippen molar-refractivity contribution in [2.24, 2.45) is 0 Å². The predicted octanol–water partition coefficient (Wildman–Crippen LogP) is 4.09. The van der Waals surface area contributed by atoms with Crippen molar-refractivity contribution in [2.75, 3.05) is 13.8 Å². The van der Waals surface area contributed by atoms with Gasteiger partial charge in [0.1, 0.15) is 17.3 Å². The number of ether oxygens (including phenoxy) is 2. The second-order valence-corrected chi connectivity index (χ2v) is 9.39. The largest absolute Gasteiger partial charge is 0.508 e. The van der Waals surface area contributed by atoms with E-state index in [4.69, 9.17) is 21.1 Å². The zero-order chi connectivity index (χ0) is 27.0. The number of ketones is 1. The summed E-state index contributed by atoms with van der Waals surface area (Å²) in [5.74, 6) is -1.19. The third-order valence-electron chi connectivity index (χ3n) is 6.52. The van der Waals surface area contributed by atoms with Gasteiger partial charge in [0, 0.05) is 31.0 Å². The van der Waals surface area contributed by atoms with Gasteiger partial charge in [-0.05, 0) is 55.9 Å². The highest BCUT2D eigenvalue weighted by Crippen LogP contribution is 2.42. The monoisotopic (exact) mass is 530 g/mol. The molecule has 3 rings (SSSR count). The van der Waals surface area contributed by atoms with E-state index in [1.165, 1.54) is 31.0 Å². The van der Waals surface area contributed by atoms with Crippen molar-refractivity contribution >= 4 is 35.4 Å². The molecule has 2 amide bonds. The van der Waals surface area contributed by atoms with E-state index in [1.807, 2.05) is 0 Å². The second-order valence-electron chi connectivity index (χ2n) is 8.98. The molecule has 1 aliphatic rings. The van der Waals surface area contributed by atoms with Crippen LogP contribution in [0.4, 0.5) is 4.79 Å². The molecule has 0 bridgehead atoms. The fraction of sp³-hybridized carbons (Fsp3) is 0.407. The zero-order valence-electron chi connectivity index (χ0n) is 20.9.